The molecule has 5 nitrogen and oxygen atoms in total. The summed E-state index contributed by atoms with van der Waals surface area (Å²) in [6.07, 6.45) is 0.498. The third kappa shape index (κ3) is 3.45. The van der Waals surface area contributed by atoms with E-state index in [1.807, 2.05) is 30.7 Å². The van der Waals surface area contributed by atoms with Crippen LogP contribution in [0.4, 0.5) is 0 Å². The minimum atomic E-state index is -0.582. The number of thiophene rings is 1. The van der Waals surface area contributed by atoms with Gasteiger partial charge in [-0.25, -0.2) is 0 Å². The summed E-state index contributed by atoms with van der Waals surface area (Å²) in [5.74, 6) is -0.856. The lowest BCUT2D eigenvalue weighted by Gasteiger charge is -2.17. The van der Waals surface area contributed by atoms with E-state index in [1.54, 1.807) is 11.3 Å². The van der Waals surface area contributed by atoms with Gasteiger partial charge in [0, 0.05) is 0 Å². The predicted octanol–water partition coefficient (Wildman–Crippen LogP) is 1.70. The van der Waals surface area contributed by atoms with E-state index in [-0.39, 0.29) is 17.8 Å². The molecular weight excluding hydrogens is 238 g/mol. The number of carbonyl (C=O) groups excluding carboxylic acids is 1. The van der Waals surface area contributed by atoms with Crippen molar-refractivity contribution in [1.29, 1.82) is 0 Å². The number of nitrogens with one attached hydrogen (secondary N) is 1. The number of nitrogens with two attached hydrogens (primary N) is 1. The number of amides is 1. The highest BCUT2D eigenvalue weighted by molar-refractivity contribution is 7.07. The number of amidine groups is 1. The van der Waals surface area contributed by atoms with Gasteiger partial charge >= 0.3 is 0 Å². The van der Waals surface area contributed by atoms with Crippen LogP contribution in [-0.4, -0.2) is 17.0 Å². The highest BCUT2D eigenvalue weighted by Gasteiger charge is 2.22. The molecule has 1 heterocycles. The van der Waals surface area contributed by atoms with Gasteiger partial charge in [-0.2, -0.15) is 11.3 Å². The van der Waals surface area contributed by atoms with Gasteiger partial charge < -0.3 is 16.3 Å². The molecule has 0 fully saturated rings. The Bertz CT molecular complexity index is 389. The third-order valence-corrected chi connectivity index (χ3v) is 3.30. The van der Waals surface area contributed by atoms with E-state index in [2.05, 4.69) is 10.5 Å². The fraction of sp³-hybridized carbons (Fsp3) is 0.455. The first-order chi connectivity index (χ1) is 8.10. The van der Waals surface area contributed by atoms with Gasteiger partial charge in [0.1, 0.15) is 0 Å². The maximum Gasteiger partial charge on any atom is 0.231 e. The van der Waals surface area contributed by atoms with Crippen molar-refractivity contribution in [3.8, 4) is 0 Å². The summed E-state index contributed by atoms with van der Waals surface area (Å²) >= 11 is 1.58. The fourth-order valence-electron chi connectivity index (χ4n) is 1.52. The summed E-state index contributed by atoms with van der Waals surface area (Å²) in [6.45, 7) is 3.72. The molecule has 1 rings (SSSR count). The molecule has 1 aromatic rings. The van der Waals surface area contributed by atoms with Gasteiger partial charge in [0.25, 0.3) is 0 Å². The van der Waals surface area contributed by atoms with Crippen LogP contribution in [-0.2, 0) is 4.79 Å². The SMILES string of the molecule is CCC(C(=O)NC(C)c1ccsc1)C(N)=NO. The standard InChI is InChI=1S/C11H17N3O2S/c1-3-9(10(12)14-16)11(15)13-7(2)8-4-5-17-6-8/h4-7,9,16H,3H2,1-2H3,(H2,12,14)(H,13,15). The molecule has 0 saturated carbocycles. The van der Waals surface area contributed by atoms with Crippen molar-refractivity contribution in [3.63, 3.8) is 0 Å². The van der Waals surface area contributed by atoms with E-state index in [1.165, 1.54) is 0 Å². The smallest absolute Gasteiger partial charge is 0.231 e. The van der Waals surface area contributed by atoms with Crippen molar-refractivity contribution in [3.05, 3.63) is 22.4 Å². The van der Waals surface area contributed by atoms with E-state index in [0.29, 0.717) is 6.42 Å². The van der Waals surface area contributed by atoms with E-state index >= 15 is 0 Å². The van der Waals surface area contributed by atoms with Gasteiger partial charge in [-0.3, -0.25) is 4.79 Å². The van der Waals surface area contributed by atoms with E-state index in [0.717, 1.165) is 5.56 Å². The number of carbonyl (C=O) groups is 1. The van der Waals surface area contributed by atoms with Crippen molar-refractivity contribution in [1.82, 2.24) is 5.32 Å². The minimum Gasteiger partial charge on any atom is -0.409 e. The average Bonchev–Trinajstić information content (AvgIpc) is 2.83. The number of hydrogen-bond acceptors (Lipinski definition) is 4. The Morgan fingerprint density at radius 3 is 2.88 bits per heavy atom. The van der Waals surface area contributed by atoms with Crippen molar-refractivity contribution in [2.45, 2.75) is 26.3 Å². The zero-order valence-corrected chi connectivity index (χ0v) is 10.7. The Hall–Kier alpha value is -1.56. The normalized spacial score (nSPS) is 15.3. The fourth-order valence-corrected chi connectivity index (χ4v) is 2.27. The molecule has 0 bridgehead atoms. The van der Waals surface area contributed by atoms with Crippen molar-refractivity contribution >= 4 is 23.1 Å². The predicted molar refractivity (Wildman–Crippen MR) is 68.1 cm³/mol. The van der Waals surface area contributed by atoms with Gasteiger partial charge in [-0.15, -0.1) is 0 Å². The van der Waals surface area contributed by atoms with Gasteiger partial charge in [-0.05, 0) is 35.7 Å². The highest BCUT2D eigenvalue weighted by Crippen LogP contribution is 2.16. The summed E-state index contributed by atoms with van der Waals surface area (Å²) in [6, 6.07) is 1.88. The Morgan fingerprint density at radius 2 is 2.41 bits per heavy atom. The molecule has 17 heavy (non-hydrogen) atoms. The molecule has 0 spiro atoms. The molecule has 0 saturated heterocycles. The van der Waals surface area contributed by atoms with Crippen LogP contribution in [0, 0.1) is 5.92 Å². The van der Waals surface area contributed by atoms with E-state index in [4.69, 9.17) is 10.9 Å². The molecule has 6 heteroatoms. The second-order valence-corrected chi connectivity index (χ2v) is 4.55. The molecule has 0 aliphatic rings. The quantitative estimate of drug-likeness (QED) is 0.324. The van der Waals surface area contributed by atoms with Gasteiger partial charge in [0.05, 0.1) is 12.0 Å². The topological polar surface area (TPSA) is 87.7 Å². The second-order valence-electron chi connectivity index (χ2n) is 3.77. The van der Waals surface area contributed by atoms with Crippen molar-refractivity contribution < 1.29 is 10.0 Å². The number of rotatable bonds is 5. The van der Waals surface area contributed by atoms with Gasteiger partial charge in [-0.1, -0.05) is 12.1 Å². The summed E-state index contributed by atoms with van der Waals surface area (Å²) in [5.41, 5.74) is 6.52. The number of oxime groups is 1. The molecule has 0 aromatic carbocycles. The van der Waals surface area contributed by atoms with Crippen LogP contribution < -0.4 is 11.1 Å². The molecule has 0 aliphatic heterocycles. The average molecular weight is 255 g/mol. The van der Waals surface area contributed by atoms with Crippen LogP contribution >= 0.6 is 11.3 Å². The minimum absolute atomic E-state index is 0.0532. The van der Waals surface area contributed by atoms with Gasteiger partial charge in [0.15, 0.2) is 5.84 Å². The lowest BCUT2D eigenvalue weighted by atomic mass is 10.0. The molecule has 2 unspecified atom stereocenters. The molecule has 0 aliphatic carbocycles. The molecule has 1 amide bonds. The van der Waals surface area contributed by atoms with Crippen molar-refractivity contribution in [2.24, 2.45) is 16.8 Å². The first kappa shape index (κ1) is 13.5. The maximum atomic E-state index is 11.9. The van der Waals surface area contributed by atoms with Crippen molar-refractivity contribution in [2.75, 3.05) is 0 Å². The first-order valence-corrected chi connectivity index (χ1v) is 6.34. The molecule has 94 valence electrons. The monoisotopic (exact) mass is 255 g/mol. The zero-order chi connectivity index (χ0) is 12.8. The maximum absolute atomic E-state index is 11.9. The molecular formula is C11H17N3O2S. The summed E-state index contributed by atoms with van der Waals surface area (Å²) in [5, 5.41) is 18.3. The molecule has 2 atom stereocenters. The molecule has 1 aromatic heterocycles. The van der Waals surface area contributed by atoms with Crippen LogP contribution in [0.2, 0.25) is 0 Å². The third-order valence-electron chi connectivity index (χ3n) is 2.60. The summed E-state index contributed by atoms with van der Waals surface area (Å²) in [4.78, 5) is 11.9. The highest BCUT2D eigenvalue weighted by atomic mass is 32.1. The Labute approximate surface area is 104 Å². The van der Waals surface area contributed by atoms with Gasteiger partial charge in [0.2, 0.25) is 5.91 Å². The Balaban J connectivity index is 2.65. The van der Waals surface area contributed by atoms with Crippen LogP contribution in [0.1, 0.15) is 31.9 Å². The Kier molecular flexibility index (Phi) is 4.96. The second kappa shape index (κ2) is 6.24. The zero-order valence-electron chi connectivity index (χ0n) is 9.88. The summed E-state index contributed by atoms with van der Waals surface area (Å²) < 4.78 is 0. The van der Waals surface area contributed by atoms with E-state index in [9.17, 15) is 4.79 Å². The van der Waals surface area contributed by atoms with Crippen LogP contribution in [0.3, 0.4) is 0 Å². The molecule has 4 N–H and O–H groups in total. The number of hydrogen-bond donors (Lipinski definition) is 3. The summed E-state index contributed by atoms with van der Waals surface area (Å²) in [7, 11) is 0. The lowest BCUT2D eigenvalue weighted by Crippen LogP contribution is -2.39. The van der Waals surface area contributed by atoms with Crippen LogP contribution in [0.5, 0.6) is 0 Å². The molecule has 0 radical (unpaired) electrons. The number of nitrogens with zero attached hydrogens (tertiary/aromatic N) is 1. The largest absolute Gasteiger partial charge is 0.409 e. The van der Waals surface area contributed by atoms with E-state index < -0.39 is 5.92 Å². The lowest BCUT2D eigenvalue weighted by molar-refractivity contribution is -0.123. The Morgan fingerprint density at radius 1 is 1.71 bits per heavy atom. The first-order valence-electron chi connectivity index (χ1n) is 5.40. The van der Waals surface area contributed by atoms with Crippen LogP contribution in [0.25, 0.3) is 0 Å². The van der Waals surface area contributed by atoms with Crippen LogP contribution in [0.15, 0.2) is 22.0 Å².